The van der Waals surface area contributed by atoms with E-state index < -0.39 is 0 Å². The van der Waals surface area contributed by atoms with Gasteiger partial charge in [-0.05, 0) is 49.2 Å². The maximum Gasteiger partial charge on any atom is 0.266 e. The quantitative estimate of drug-likeness (QED) is 0.184. The normalized spacial score (nSPS) is 13.7. The summed E-state index contributed by atoms with van der Waals surface area (Å²) in [5, 5.41) is 11.1. The maximum absolute atomic E-state index is 14.3. The molecule has 0 spiro atoms. The lowest BCUT2D eigenvalue weighted by molar-refractivity contribution is 0.365. The number of imidazole rings is 2. The molecule has 0 saturated heterocycles. The average molecular weight is 729 g/mol. The molecule has 0 radical (unpaired) electrons. The van der Waals surface area contributed by atoms with Gasteiger partial charge in [0.25, 0.3) is 11.1 Å². The minimum Gasteiger partial charge on any atom is -0.494 e. The molecule has 0 bridgehead atoms. The molecule has 4 aromatic heterocycles. The fourth-order valence-electron chi connectivity index (χ4n) is 6.64. The van der Waals surface area contributed by atoms with Crippen molar-refractivity contribution in [3.05, 3.63) is 108 Å². The van der Waals surface area contributed by atoms with E-state index in [0.717, 1.165) is 19.6 Å². The zero-order valence-electron chi connectivity index (χ0n) is 26.6. The minimum atomic E-state index is -0.255. The summed E-state index contributed by atoms with van der Waals surface area (Å²) in [6.07, 6.45) is 0. The molecule has 10 nitrogen and oxygen atoms in total. The van der Waals surface area contributed by atoms with Crippen molar-refractivity contribution in [2.75, 3.05) is 14.2 Å². The van der Waals surface area contributed by atoms with Gasteiger partial charge in [-0.2, -0.15) is 5.26 Å². The molecule has 2 aliphatic heterocycles. The van der Waals surface area contributed by atoms with E-state index in [1.807, 2.05) is 48.5 Å². The topological polar surface area (TPSA) is 115 Å². The third-order valence-electron chi connectivity index (χ3n) is 8.93. The number of ether oxygens (including phenoxy) is 2. The van der Waals surface area contributed by atoms with Gasteiger partial charge in [-0.15, -0.1) is 0 Å². The number of hydrogen-bond donors (Lipinski definition) is 0. The van der Waals surface area contributed by atoms with Gasteiger partial charge in [0.15, 0.2) is 5.65 Å². The number of rotatable bonds is 2. The molecule has 50 heavy (non-hydrogen) atoms. The first kappa shape index (κ1) is 30.9. The van der Waals surface area contributed by atoms with Crippen LogP contribution in [0.2, 0.25) is 0 Å². The van der Waals surface area contributed by atoms with E-state index in [2.05, 4.69) is 20.9 Å². The van der Waals surface area contributed by atoms with E-state index in [1.54, 1.807) is 28.1 Å². The molecule has 6 heterocycles. The molecule has 0 atom stereocenters. The number of aromatic nitrogens is 4. The van der Waals surface area contributed by atoms with Crippen LogP contribution in [-0.4, -0.2) is 33.0 Å². The second-order valence-corrected chi connectivity index (χ2v) is 16.0. The number of pyridine rings is 2. The molecule has 3 aromatic carbocycles. The molecule has 0 aliphatic carbocycles. The van der Waals surface area contributed by atoms with Crippen LogP contribution < -0.4 is 31.0 Å². The predicted molar refractivity (Wildman–Crippen MR) is 199 cm³/mol. The summed E-state index contributed by atoms with van der Waals surface area (Å²) in [4.78, 5) is 44.7. The third-order valence-corrected chi connectivity index (χ3v) is 14.1. The van der Waals surface area contributed by atoms with E-state index in [9.17, 15) is 14.9 Å². The van der Waals surface area contributed by atoms with Gasteiger partial charge in [-0.3, -0.25) is 18.4 Å². The second-order valence-electron chi connectivity index (χ2n) is 11.4. The summed E-state index contributed by atoms with van der Waals surface area (Å²) in [6, 6.07) is 17.0. The molecule has 242 valence electrons. The lowest BCUT2D eigenvalue weighted by Crippen LogP contribution is -2.35. The van der Waals surface area contributed by atoms with Crippen LogP contribution in [0.5, 0.6) is 11.5 Å². The van der Waals surface area contributed by atoms with Crippen LogP contribution in [0.25, 0.3) is 46.7 Å². The van der Waals surface area contributed by atoms with Crippen molar-refractivity contribution in [1.29, 1.82) is 5.26 Å². The van der Waals surface area contributed by atoms with Crippen LogP contribution in [0.3, 0.4) is 0 Å². The molecule has 0 fully saturated rings. The first-order valence-electron chi connectivity index (χ1n) is 15.1. The number of fused-ring (bicyclic) bond motifs is 8. The number of thioether (sulfide) groups is 4. The standard InChI is InChI=1S/C36H20N6O4S4/c1-15-17(14-37)31-39-18-10-6-8-12-20(18)41(31)33(43)22(15)35-47-27-25(45-4)29-30(26(46-5)28(27)48-35)50-36(49-29)23-16(2)24(38-3)32-40-19-11-7-9-13-21(19)42(32)34(23)44/h6-13H,1-2,4-5H3. The Morgan fingerprint density at radius 2 is 1.16 bits per heavy atom. The number of para-hydroxylation sites is 4. The Hall–Kier alpha value is -5.12. The van der Waals surface area contributed by atoms with Crippen molar-refractivity contribution in [3.8, 4) is 17.6 Å². The van der Waals surface area contributed by atoms with Crippen LogP contribution in [0.4, 0.5) is 5.69 Å². The summed E-state index contributed by atoms with van der Waals surface area (Å²) >= 11 is 5.61. The summed E-state index contributed by atoms with van der Waals surface area (Å²) in [7, 11) is 3.20. The van der Waals surface area contributed by atoms with Crippen molar-refractivity contribution in [3.63, 3.8) is 0 Å². The number of benzene rings is 3. The van der Waals surface area contributed by atoms with E-state index in [0.29, 0.717) is 86.1 Å². The lowest BCUT2D eigenvalue weighted by atomic mass is 10.1. The van der Waals surface area contributed by atoms with Crippen molar-refractivity contribution >= 4 is 94.6 Å². The fourth-order valence-corrected chi connectivity index (χ4v) is 12.6. The molecule has 9 rings (SSSR count). The summed E-state index contributed by atoms with van der Waals surface area (Å²) in [5.74, 6) is 1.19. The molecule has 7 aromatic rings. The Balaban J connectivity index is 1.28. The van der Waals surface area contributed by atoms with Crippen molar-refractivity contribution < 1.29 is 9.47 Å². The molecule has 0 unspecified atom stereocenters. The Kier molecular flexibility index (Phi) is 6.92. The van der Waals surface area contributed by atoms with Crippen LogP contribution in [0.1, 0.15) is 16.7 Å². The summed E-state index contributed by atoms with van der Waals surface area (Å²) < 4.78 is 16.6. The minimum absolute atomic E-state index is 0.250. The number of nitrogens with zero attached hydrogens (tertiary/aromatic N) is 6. The van der Waals surface area contributed by atoms with Gasteiger partial charge < -0.3 is 9.47 Å². The molecule has 14 heteroatoms. The van der Waals surface area contributed by atoms with Gasteiger partial charge in [-0.25, -0.2) is 14.8 Å². The van der Waals surface area contributed by atoms with Gasteiger partial charge in [0.1, 0.15) is 23.2 Å². The van der Waals surface area contributed by atoms with Crippen molar-refractivity contribution in [1.82, 2.24) is 18.8 Å². The summed E-state index contributed by atoms with van der Waals surface area (Å²) in [6.45, 7) is 11.6. The highest BCUT2D eigenvalue weighted by molar-refractivity contribution is 8.33. The van der Waals surface area contributed by atoms with Crippen LogP contribution >= 0.6 is 47.0 Å². The van der Waals surface area contributed by atoms with Gasteiger partial charge in [0, 0.05) is 0 Å². The largest absolute Gasteiger partial charge is 0.494 e. The van der Waals surface area contributed by atoms with Gasteiger partial charge in [0.05, 0.1) is 86.9 Å². The van der Waals surface area contributed by atoms with E-state index in [1.165, 1.54) is 55.8 Å². The predicted octanol–water partition coefficient (Wildman–Crippen LogP) is 6.43. The fraction of sp³-hybridized carbons (Fsp3) is 0.111. The van der Waals surface area contributed by atoms with E-state index >= 15 is 0 Å². The van der Waals surface area contributed by atoms with Crippen molar-refractivity contribution in [2.45, 2.75) is 33.4 Å². The number of nitriles is 1. The molecule has 0 saturated carbocycles. The first-order chi connectivity index (χ1) is 24.3. The molecule has 0 N–H and O–H groups in total. The Bertz CT molecular complexity index is 2820. The Morgan fingerprint density at radius 3 is 1.62 bits per heavy atom. The van der Waals surface area contributed by atoms with Gasteiger partial charge in [-0.1, -0.05) is 71.3 Å². The van der Waals surface area contributed by atoms with Gasteiger partial charge >= 0.3 is 0 Å². The van der Waals surface area contributed by atoms with Crippen LogP contribution in [-0.2, 0) is 0 Å². The number of hydrogen-bond acceptors (Lipinski definition) is 11. The number of methoxy groups -OCH3 is 2. The lowest BCUT2D eigenvalue weighted by Gasteiger charge is -2.14. The highest BCUT2D eigenvalue weighted by Crippen LogP contribution is 2.68. The zero-order valence-corrected chi connectivity index (χ0v) is 29.8. The Morgan fingerprint density at radius 1 is 0.720 bits per heavy atom. The van der Waals surface area contributed by atoms with Crippen LogP contribution in [0, 0.1) is 31.8 Å². The Labute approximate surface area is 299 Å². The monoisotopic (exact) mass is 728 g/mol. The molecular weight excluding hydrogens is 709 g/mol. The van der Waals surface area contributed by atoms with E-state index in [-0.39, 0.29) is 11.1 Å². The second kappa shape index (κ2) is 11.2. The average Bonchev–Trinajstić information content (AvgIpc) is 3.90. The smallest absolute Gasteiger partial charge is 0.266 e. The zero-order chi connectivity index (χ0) is 34.6. The molecule has 0 amide bonds. The molecular formula is C36H20N6O4S4. The molecule has 2 aliphatic rings. The third kappa shape index (κ3) is 4.01. The first-order valence-corrected chi connectivity index (χ1v) is 18.3. The summed E-state index contributed by atoms with van der Waals surface area (Å²) in [5.41, 5.74) is 4.54. The maximum atomic E-state index is 14.3. The highest BCUT2D eigenvalue weighted by atomic mass is 32.2. The van der Waals surface area contributed by atoms with Crippen molar-refractivity contribution in [2.24, 2.45) is 0 Å². The van der Waals surface area contributed by atoms with Crippen LogP contribution in [0.15, 0.2) is 77.7 Å². The highest BCUT2D eigenvalue weighted by Gasteiger charge is 2.38. The SMILES string of the molecule is [C-]#[N+]c1c(C)c(=C2Sc3c(OC)c4c(c(OC)c3S2)SC(=c2c(C)c(C#N)c3nc5ccccc5n3c2=O)S4)c(=O)n2c1nc1ccccc12. The van der Waals surface area contributed by atoms with E-state index in [4.69, 9.17) is 16.0 Å². The van der Waals surface area contributed by atoms with Gasteiger partial charge in [0.2, 0.25) is 5.69 Å².